The van der Waals surface area contributed by atoms with Crippen LogP contribution in [0.25, 0.3) is 0 Å². The predicted octanol–water partition coefficient (Wildman–Crippen LogP) is 0.427. The molecule has 3 N–H and O–H groups in total. The van der Waals surface area contributed by atoms with Gasteiger partial charge in [-0.3, -0.25) is 0 Å². The van der Waals surface area contributed by atoms with Gasteiger partial charge in [0, 0.05) is 24.7 Å². The molecule has 2 saturated heterocycles. The van der Waals surface area contributed by atoms with Crippen molar-refractivity contribution in [2.75, 3.05) is 13.6 Å². The van der Waals surface area contributed by atoms with Gasteiger partial charge in [-0.2, -0.15) is 0 Å². The summed E-state index contributed by atoms with van der Waals surface area (Å²) in [6.07, 6.45) is 5.89. The number of carbonyl (C=O) groups is 1. The number of aliphatic hydroxyl groups is 1. The zero-order valence-electron chi connectivity index (χ0n) is 11.2. The SMILES string of the molecule is CN1C2CCCC1CC(NCC(C)(O)C(=O)O)C2. The van der Waals surface area contributed by atoms with E-state index in [1.807, 2.05) is 0 Å². The van der Waals surface area contributed by atoms with Crippen molar-refractivity contribution in [3.63, 3.8) is 0 Å². The first-order valence-corrected chi connectivity index (χ1v) is 6.81. The van der Waals surface area contributed by atoms with Crippen LogP contribution in [0.3, 0.4) is 0 Å². The van der Waals surface area contributed by atoms with Crippen LogP contribution in [0.1, 0.15) is 39.0 Å². The molecular weight excluding hydrogens is 232 g/mol. The molecule has 5 heteroatoms. The Morgan fingerprint density at radius 1 is 1.39 bits per heavy atom. The van der Waals surface area contributed by atoms with E-state index in [0.717, 1.165) is 12.8 Å². The summed E-state index contributed by atoms with van der Waals surface area (Å²) >= 11 is 0. The summed E-state index contributed by atoms with van der Waals surface area (Å²) in [5.41, 5.74) is -1.67. The summed E-state index contributed by atoms with van der Waals surface area (Å²) in [6.45, 7) is 1.47. The standard InChI is InChI=1S/C13H24N2O3/c1-13(18,12(16)17)8-14-9-6-10-4-3-5-11(7-9)15(10)2/h9-11,14,18H,3-8H2,1-2H3,(H,16,17). The lowest BCUT2D eigenvalue weighted by Crippen LogP contribution is -2.56. The van der Waals surface area contributed by atoms with Gasteiger partial charge in [0.25, 0.3) is 0 Å². The maximum atomic E-state index is 10.8. The van der Waals surface area contributed by atoms with E-state index in [1.165, 1.54) is 26.2 Å². The summed E-state index contributed by atoms with van der Waals surface area (Å²) < 4.78 is 0. The van der Waals surface area contributed by atoms with E-state index in [4.69, 9.17) is 5.11 Å². The third kappa shape index (κ3) is 2.84. The molecule has 2 rings (SSSR count). The second-order valence-electron chi connectivity index (χ2n) is 6.03. The van der Waals surface area contributed by atoms with Crippen molar-refractivity contribution in [2.24, 2.45) is 0 Å². The fourth-order valence-electron chi connectivity index (χ4n) is 3.20. The summed E-state index contributed by atoms with van der Waals surface area (Å²) in [5, 5.41) is 21.8. The van der Waals surface area contributed by atoms with Crippen LogP contribution >= 0.6 is 0 Å². The van der Waals surface area contributed by atoms with Crippen molar-refractivity contribution in [3.05, 3.63) is 0 Å². The molecule has 5 nitrogen and oxygen atoms in total. The Labute approximate surface area is 108 Å². The van der Waals surface area contributed by atoms with Crippen LogP contribution in [0.5, 0.6) is 0 Å². The molecule has 0 aliphatic carbocycles. The van der Waals surface area contributed by atoms with Crippen molar-refractivity contribution in [1.29, 1.82) is 0 Å². The first-order valence-electron chi connectivity index (χ1n) is 6.81. The van der Waals surface area contributed by atoms with Gasteiger partial charge < -0.3 is 20.4 Å². The Morgan fingerprint density at radius 3 is 2.44 bits per heavy atom. The molecule has 0 aromatic rings. The zero-order chi connectivity index (χ0) is 13.3. The summed E-state index contributed by atoms with van der Waals surface area (Å²) in [6, 6.07) is 1.57. The third-order valence-electron chi connectivity index (χ3n) is 4.54. The van der Waals surface area contributed by atoms with Crippen LogP contribution in [0, 0.1) is 0 Å². The smallest absolute Gasteiger partial charge is 0.336 e. The monoisotopic (exact) mass is 256 g/mol. The molecule has 0 amide bonds. The first-order chi connectivity index (χ1) is 8.40. The summed E-state index contributed by atoms with van der Waals surface area (Å²) in [5.74, 6) is -1.16. The molecule has 0 aromatic carbocycles. The van der Waals surface area contributed by atoms with E-state index in [2.05, 4.69) is 17.3 Å². The van der Waals surface area contributed by atoms with Crippen molar-refractivity contribution in [1.82, 2.24) is 10.2 Å². The minimum atomic E-state index is -1.67. The van der Waals surface area contributed by atoms with E-state index in [0.29, 0.717) is 18.1 Å². The second-order valence-corrected chi connectivity index (χ2v) is 6.03. The molecule has 0 spiro atoms. The van der Waals surface area contributed by atoms with Crippen molar-refractivity contribution in [3.8, 4) is 0 Å². The van der Waals surface area contributed by atoms with Gasteiger partial charge in [0.2, 0.25) is 0 Å². The minimum absolute atomic E-state index is 0.121. The Kier molecular flexibility index (Phi) is 3.94. The molecule has 2 aliphatic heterocycles. The zero-order valence-corrected chi connectivity index (χ0v) is 11.2. The van der Waals surface area contributed by atoms with Crippen LogP contribution in [-0.4, -0.2) is 58.4 Å². The molecule has 0 saturated carbocycles. The number of piperidine rings is 2. The van der Waals surface area contributed by atoms with Crippen molar-refractivity contribution in [2.45, 2.75) is 62.8 Å². The van der Waals surface area contributed by atoms with Gasteiger partial charge in [0.15, 0.2) is 5.60 Å². The third-order valence-corrected chi connectivity index (χ3v) is 4.54. The molecule has 2 heterocycles. The van der Waals surface area contributed by atoms with Crippen LogP contribution in [-0.2, 0) is 4.79 Å². The molecule has 104 valence electrons. The number of nitrogens with one attached hydrogen (secondary N) is 1. The van der Waals surface area contributed by atoms with E-state index in [1.54, 1.807) is 0 Å². The van der Waals surface area contributed by atoms with Gasteiger partial charge in [-0.15, -0.1) is 0 Å². The van der Waals surface area contributed by atoms with E-state index in [-0.39, 0.29) is 6.54 Å². The molecule has 18 heavy (non-hydrogen) atoms. The molecule has 2 aliphatic rings. The van der Waals surface area contributed by atoms with Crippen molar-refractivity contribution < 1.29 is 15.0 Å². The number of carboxylic acid groups (broad SMARTS) is 1. The van der Waals surface area contributed by atoms with Gasteiger partial charge in [0.1, 0.15) is 0 Å². The molecule has 3 atom stereocenters. The van der Waals surface area contributed by atoms with Gasteiger partial charge in [-0.1, -0.05) is 6.42 Å². The first kappa shape index (κ1) is 13.8. The van der Waals surface area contributed by atoms with Gasteiger partial charge >= 0.3 is 5.97 Å². The summed E-state index contributed by atoms with van der Waals surface area (Å²) in [7, 11) is 2.19. The molecule has 2 fully saturated rings. The maximum absolute atomic E-state index is 10.8. The van der Waals surface area contributed by atoms with Gasteiger partial charge in [-0.05, 0) is 39.7 Å². The van der Waals surface area contributed by atoms with Crippen LogP contribution < -0.4 is 5.32 Å². The number of hydrogen-bond acceptors (Lipinski definition) is 4. The average Bonchev–Trinajstić information content (AvgIpc) is 2.26. The highest BCUT2D eigenvalue weighted by molar-refractivity contribution is 5.76. The largest absolute Gasteiger partial charge is 0.479 e. The molecule has 3 unspecified atom stereocenters. The number of hydrogen-bond donors (Lipinski definition) is 3. The Hall–Kier alpha value is -0.650. The quantitative estimate of drug-likeness (QED) is 0.680. The van der Waals surface area contributed by atoms with Crippen LogP contribution in [0.15, 0.2) is 0 Å². The average molecular weight is 256 g/mol. The second kappa shape index (κ2) is 5.15. The Bertz CT molecular complexity index is 305. The lowest BCUT2D eigenvalue weighted by atomic mass is 9.82. The lowest BCUT2D eigenvalue weighted by Gasteiger charge is -2.47. The maximum Gasteiger partial charge on any atom is 0.336 e. The minimum Gasteiger partial charge on any atom is -0.479 e. The number of rotatable bonds is 4. The van der Waals surface area contributed by atoms with Gasteiger partial charge in [-0.25, -0.2) is 4.79 Å². The molecule has 2 bridgehead atoms. The highest BCUT2D eigenvalue weighted by Gasteiger charge is 2.37. The fourth-order valence-corrected chi connectivity index (χ4v) is 3.20. The number of fused-ring (bicyclic) bond motifs is 2. The van der Waals surface area contributed by atoms with E-state index in [9.17, 15) is 9.90 Å². The Balaban J connectivity index is 1.87. The topological polar surface area (TPSA) is 72.8 Å². The van der Waals surface area contributed by atoms with E-state index >= 15 is 0 Å². The molecule has 0 radical (unpaired) electrons. The normalized spacial score (nSPS) is 36.1. The highest BCUT2D eigenvalue weighted by atomic mass is 16.4. The van der Waals surface area contributed by atoms with Crippen molar-refractivity contribution >= 4 is 5.97 Å². The van der Waals surface area contributed by atoms with Gasteiger partial charge in [0.05, 0.1) is 0 Å². The molecule has 0 aromatic heterocycles. The van der Waals surface area contributed by atoms with Crippen LogP contribution in [0.4, 0.5) is 0 Å². The highest BCUT2D eigenvalue weighted by Crippen LogP contribution is 2.32. The van der Waals surface area contributed by atoms with E-state index < -0.39 is 11.6 Å². The Morgan fingerprint density at radius 2 is 1.94 bits per heavy atom. The summed E-state index contributed by atoms with van der Waals surface area (Å²) in [4.78, 5) is 13.3. The number of aliphatic carboxylic acids is 1. The lowest BCUT2D eigenvalue weighted by molar-refractivity contribution is -0.156. The fraction of sp³-hybridized carbons (Fsp3) is 0.923. The number of carboxylic acids is 1. The predicted molar refractivity (Wildman–Crippen MR) is 68.5 cm³/mol. The molecular formula is C13H24N2O3. The van der Waals surface area contributed by atoms with Crippen LogP contribution in [0.2, 0.25) is 0 Å². The number of nitrogens with zero attached hydrogens (tertiary/aromatic N) is 1.